The van der Waals surface area contributed by atoms with E-state index in [1.807, 2.05) is 6.07 Å². The van der Waals surface area contributed by atoms with Gasteiger partial charge in [0, 0.05) is 14.3 Å². The van der Waals surface area contributed by atoms with E-state index >= 15 is 0 Å². The third-order valence-corrected chi connectivity index (χ3v) is 5.44. The molecule has 0 saturated heterocycles. The maximum atomic E-state index is 11.7. The van der Waals surface area contributed by atoms with Gasteiger partial charge >= 0.3 is 0 Å². The molecule has 2 aromatic carbocycles. The van der Waals surface area contributed by atoms with Gasteiger partial charge in [0.05, 0.1) is 11.3 Å². The number of nitrogens with one attached hydrogen (secondary N) is 1. The molecule has 0 spiro atoms. The number of Topliss-reactive ketones (excluding diaryl/α,β-unsaturated/α-hetero) is 1. The van der Waals surface area contributed by atoms with Crippen LogP contribution < -0.4 is 5.32 Å². The van der Waals surface area contributed by atoms with E-state index in [-0.39, 0.29) is 0 Å². The number of carbonyl (C=O) groups is 2. The van der Waals surface area contributed by atoms with E-state index in [4.69, 9.17) is 0 Å². The van der Waals surface area contributed by atoms with Crippen LogP contribution >= 0.6 is 27.7 Å². The van der Waals surface area contributed by atoms with Crippen LogP contribution in [0.4, 0.5) is 5.69 Å². The molecule has 1 amide bonds. The Kier molecular flexibility index (Phi) is 3.63. The highest BCUT2D eigenvalue weighted by Crippen LogP contribution is 2.39. The molecule has 3 nitrogen and oxygen atoms in total. The molecular weight excluding hydrogens is 350 g/mol. The molecule has 0 fully saturated rings. The first-order valence-electron chi connectivity index (χ1n) is 6.40. The third kappa shape index (κ3) is 2.63. The molecule has 106 valence electrons. The number of hydrogen-bond donors (Lipinski definition) is 1. The van der Waals surface area contributed by atoms with Crippen LogP contribution in [-0.2, 0) is 4.79 Å². The van der Waals surface area contributed by atoms with Gasteiger partial charge in [-0.3, -0.25) is 9.59 Å². The zero-order valence-electron chi connectivity index (χ0n) is 11.5. The van der Waals surface area contributed by atoms with Crippen LogP contribution in [0.25, 0.3) is 0 Å². The van der Waals surface area contributed by atoms with E-state index in [2.05, 4.69) is 53.3 Å². The van der Waals surface area contributed by atoms with Crippen LogP contribution in [0.2, 0.25) is 0 Å². The molecular formula is C16H12BrNO2S. The zero-order valence-corrected chi connectivity index (χ0v) is 13.9. The largest absolute Gasteiger partial charge is 0.318 e. The van der Waals surface area contributed by atoms with E-state index in [1.165, 1.54) is 11.1 Å². The Hall–Kier alpha value is -1.59. The molecule has 0 aromatic heterocycles. The summed E-state index contributed by atoms with van der Waals surface area (Å²) in [6.07, 6.45) is 0. The van der Waals surface area contributed by atoms with Gasteiger partial charge in [0.15, 0.2) is 0 Å². The Morgan fingerprint density at radius 3 is 2.52 bits per heavy atom. The standard InChI is InChI=1S/C16H12BrNO2S/c1-8-3-4-10(5-9(8)2)21-14-7-13-11(6-12(14)17)15(19)16(20)18-13/h3-7H,1-2H3,(H,18,19,20). The Labute approximate surface area is 135 Å². The number of carbonyl (C=O) groups excluding carboxylic acids is 2. The minimum absolute atomic E-state index is 0.427. The van der Waals surface area contributed by atoms with Gasteiger partial charge in [-0.15, -0.1) is 0 Å². The van der Waals surface area contributed by atoms with Crippen molar-refractivity contribution in [2.75, 3.05) is 5.32 Å². The Morgan fingerprint density at radius 1 is 1.05 bits per heavy atom. The summed E-state index contributed by atoms with van der Waals surface area (Å²) in [5.41, 5.74) is 3.50. The number of aryl methyl sites for hydroxylation is 2. The average Bonchev–Trinajstić information content (AvgIpc) is 2.70. The lowest BCUT2D eigenvalue weighted by atomic mass is 10.1. The molecule has 1 heterocycles. The van der Waals surface area contributed by atoms with Crippen molar-refractivity contribution in [2.45, 2.75) is 23.6 Å². The molecule has 0 saturated carbocycles. The highest BCUT2D eigenvalue weighted by atomic mass is 79.9. The summed E-state index contributed by atoms with van der Waals surface area (Å²) in [5.74, 6) is -1.04. The second kappa shape index (κ2) is 5.31. The lowest BCUT2D eigenvalue weighted by Crippen LogP contribution is -2.12. The van der Waals surface area contributed by atoms with Crippen LogP contribution in [0.1, 0.15) is 21.5 Å². The third-order valence-electron chi connectivity index (χ3n) is 3.48. The van der Waals surface area contributed by atoms with Gasteiger partial charge in [-0.05, 0) is 65.2 Å². The molecule has 2 aromatic rings. The van der Waals surface area contributed by atoms with Crippen LogP contribution in [0.5, 0.6) is 0 Å². The predicted molar refractivity (Wildman–Crippen MR) is 87.1 cm³/mol. The normalized spacial score (nSPS) is 13.3. The fraction of sp³-hybridized carbons (Fsp3) is 0.125. The smallest absolute Gasteiger partial charge is 0.296 e. The summed E-state index contributed by atoms with van der Waals surface area (Å²) >= 11 is 5.07. The number of ketones is 1. The van der Waals surface area contributed by atoms with Crippen molar-refractivity contribution >= 4 is 45.1 Å². The fourth-order valence-electron chi connectivity index (χ4n) is 2.13. The number of anilines is 1. The van der Waals surface area contributed by atoms with Gasteiger partial charge in [-0.25, -0.2) is 0 Å². The molecule has 0 radical (unpaired) electrons. The Morgan fingerprint density at radius 2 is 1.81 bits per heavy atom. The zero-order chi connectivity index (χ0) is 15.1. The van der Waals surface area contributed by atoms with Crippen molar-refractivity contribution in [3.8, 4) is 0 Å². The maximum Gasteiger partial charge on any atom is 0.296 e. The first kappa shape index (κ1) is 14.4. The Bertz CT molecular complexity index is 786. The molecule has 5 heteroatoms. The summed E-state index contributed by atoms with van der Waals surface area (Å²) in [7, 11) is 0. The predicted octanol–water partition coefficient (Wildman–Crippen LogP) is 4.35. The molecule has 0 unspecified atom stereocenters. The van der Waals surface area contributed by atoms with Gasteiger partial charge in [0.25, 0.3) is 11.7 Å². The number of amides is 1. The van der Waals surface area contributed by atoms with Gasteiger partial charge in [0.1, 0.15) is 0 Å². The highest BCUT2D eigenvalue weighted by molar-refractivity contribution is 9.10. The van der Waals surface area contributed by atoms with E-state index in [9.17, 15) is 9.59 Å². The van der Waals surface area contributed by atoms with Gasteiger partial charge in [0.2, 0.25) is 0 Å². The molecule has 21 heavy (non-hydrogen) atoms. The molecule has 0 aliphatic carbocycles. The quantitative estimate of drug-likeness (QED) is 0.808. The van der Waals surface area contributed by atoms with E-state index in [1.54, 1.807) is 17.8 Å². The summed E-state index contributed by atoms with van der Waals surface area (Å²) in [4.78, 5) is 25.2. The fourth-order valence-corrected chi connectivity index (χ4v) is 3.67. The van der Waals surface area contributed by atoms with E-state index < -0.39 is 11.7 Å². The molecule has 0 bridgehead atoms. The Balaban J connectivity index is 1.97. The van der Waals surface area contributed by atoms with Crippen molar-refractivity contribution in [2.24, 2.45) is 0 Å². The lowest BCUT2D eigenvalue weighted by molar-refractivity contribution is -0.112. The van der Waals surface area contributed by atoms with Crippen molar-refractivity contribution in [3.63, 3.8) is 0 Å². The first-order valence-corrected chi connectivity index (χ1v) is 8.01. The van der Waals surface area contributed by atoms with Gasteiger partial charge in [-0.2, -0.15) is 0 Å². The van der Waals surface area contributed by atoms with E-state index in [0.29, 0.717) is 11.3 Å². The van der Waals surface area contributed by atoms with Crippen molar-refractivity contribution in [1.29, 1.82) is 0 Å². The second-order valence-electron chi connectivity index (χ2n) is 4.96. The van der Waals surface area contributed by atoms with Crippen LogP contribution in [0.3, 0.4) is 0 Å². The van der Waals surface area contributed by atoms with Crippen LogP contribution in [-0.4, -0.2) is 11.7 Å². The minimum atomic E-state index is -0.565. The number of rotatable bonds is 2. The molecule has 1 aliphatic rings. The maximum absolute atomic E-state index is 11.7. The number of benzene rings is 2. The number of hydrogen-bond acceptors (Lipinski definition) is 3. The van der Waals surface area contributed by atoms with Crippen molar-refractivity contribution < 1.29 is 9.59 Å². The summed E-state index contributed by atoms with van der Waals surface area (Å²) < 4.78 is 0.814. The summed E-state index contributed by atoms with van der Waals surface area (Å²) in [5, 5.41) is 2.60. The lowest BCUT2D eigenvalue weighted by Gasteiger charge is -2.08. The number of fused-ring (bicyclic) bond motifs is 1. The van der Waals surface area contributed by atoms with Gasteiger partial charge in [-0.1, -0.05) is 17.8 Å². The van der Waals surface area contributed by atoms with E-state index in [0.717, 1.165) is 14.3 Å². The molecule has 0 atom stereocenters. The monoisotopic (exact) mass is 361 g/mol. The SMILES string of the molecule is Cc1ccc(Sc2cc3c(cc2Br)C(=O)C(=O)N3)cc1C. The topological polar surface area (TPSA) is 46.2 Å². The molecule has 1 N–H and O–H groups in total. The second-order valence-corrected chi connectivity index (χ2v) is 6.93. The van der Waals surface area contributed by atoms with Crippen LogP contribution in [0.15, 0.2) is 44.6 Å². The average molecular weight is 362 g/mol. The van der Waals surface area contributed by atoms with Crippen LogP contribution in [0, 0.1) is 13.8 Å². The highest BCUT2D eigenvalue weighted by Gasteiger charge is 2.29. The number of halogens is 1. The molecule has 1 aliphatic heterocycles. The minimum Gasteiger partial charge on any atom is -0.318 e. The van der Waals surface area contributed by atoms with Crippen molar-refractivity contribution in [3.05, 3.63) is 51.5 Å². The van der Waals surface area contributed by atoms with Crippen molar-refractivity contribution in [1.82, 2.24) is 0 Å². The summed E-state index contributed by atoms with van der Waals surface area (Å²) in [6, 6.07) is 9.82. The summed E-state index contributed by atoms with van der Waals surface area (Å²) in [6.45, 7) is 4.16. The van der Waals surface area contributed by atoms with Gasteiger partial charge < -0.3 is 5.32 Å². The molecule has 3 rings (SSSR count). The first-order chi connectivity index (χ1) is 9.95.